The van der Waals surface area contributed by atoms with Crippen molar-refractivity contribution in [3.8, 4) is 11.5 Å². The summed E-state index contributed by atoms with van der Waals surface area (Å²) in [5.41, 5.74) is 2.27. The van der Waals surface area contributed by atoms with Gasteiger partial charge in [-0.15, -0.1) is 0 Å². The molecule has 0 amide bonds. The van der Waals surface area contributed by atoms with E-state index in [0.717, 1.165) is 5.56 Å². The summed E-state index contributed by atoms with van der Waals surface area (Å²) in [4.78, 5) is 31.6. The van der Waals surface area contributed by atoms with Crippen LogP contribution in [0, 0.1) is 0 Å². The van der Waals surface area contributed by atoms with Gasteiger partial charge in [0.25, 0.3) is 5.56 Å². The van der Waals surface area contributed by atoms with E-state index < -0.39 is 12.0 Å². The fraction of sp³-hybridized carbons (Fsp3) is 0.222. The first-order chi connectivity index (χ1) is 17.0. The van der Waals surface area contributed by atoms with Gasteiger partial charge in [-0.05, 0) is 43.7 Å². The number of carbonyl (C=O) groups is 1. The Hall–Kier alpha value is -3.91. The van der Waals surface area contributed by atoms with Gasteiger partial charge >= 0.3 is 5.97 Å². The van der Waals surface area contributed by atoms with E-state index in [1.54, 1.807) is 56.9 Å². The lowest BCUT2D eigenvalue weighted by Gasteiger charge is -2.21. The van der Waals surface area contributed by atoms with Crippen LogP contribution >= 0.6 is 11.3 Å². The van der Waals surface area contributed by atoms with Crippen LogP contribution in [0.25, 0.3) is 12.2 Å². The quantitative estimate of drug-likeness (QED) is 0.474. The largest absolute Gasteiger partial charge is 0.497 e. The highest BCUT2D eigenvalue weighted by Gasteiger charge is 2.30. The molecule has 0 bridgehead atoms. The lowest BCUT2D eigenvalue weighted by atomic mass is 10.0. The zero-order valence-corrected chi connectivity index (χ0v) is 20.8. The van der Waals surface area contributed by atoms with E-state index in [0.29, 0.717) is 37.7 Å². The van der Waals surface area contributed by atoms with Gasteiger partial charge in [-0.3, -0.25) is 9.36 Å². The number of carbonyl (C=O) groups excluding carboxylic acids is 1. The normalized spacial score (nSPS) is 15.7. The summed E-state index contributed by atoms with van der Waals surface area (Å²) in [6.07, 6.45) is 5.49. The lowest BCUT2D eigenvalue weighted by molar-refractivity contribution is -0.139. The fourth-order valence-electron chi connectivity index (χ4n) is 3.88. The summed E-state index contributed by atoms with van der Waals surface area (Å²) in [6.45, 7) is 3.74. The van der Waals surface area contributed by atoms with Gasteiger partial charge in [-0.1, -0.05) is 53.8 Å². The highest BCUT2D eigenvalue weighted by atomic mass is 32.1. The summed E-state index contributed by atoms with van der Waals surface area (Å²) >= 11 is 1.26. The van der Waals surface area contributed by atoms with Crippen LogP contribution in [0.4, 0.5) is 0 Å². The summed E-state index contributed by atoms with van der Waals surface area (Å²) in [6, 6.07) is 14.4. The van der Waals surface area contributed by atoms with Gasteiger partial charge in [0, 0.05) is 5.56 Å². The molecule has 0 radical (unpaired) electrons. The number of hydrogen-bond donors (Lipinski definition) is 0. The maximum Gasteiger partial charge on any atom is 0.338 e. The lowest BCUT2D eigenvalue weighted by Crippen LogP contribution is -2.38. The highest BCUT2D eigenvalue weighted by molar-refractivity contribution is 7.07. The van der Waals surface area contributed by atoms with Crippen LogP contribution in [0.15, 0.2) is 75.7 Å². The molecule has 2 heterocycles. The number of thiazole rings is 1. The molecule has 0 saturated heterocycles. The molecule has 0 saturated carbocycles. The molecule has 1 aromatic heterocycles. The highest BCUT2D eigenvalue weighted by Crippen LogP contribution is 2.27. The third-order valence-corrected chi connectivity index (χ3v) is 6.54. The van der Waals surface area contributed by atoms with Crippen LogP contribution in [0.2, 0.25) is 0 Å². The average Bonchev–Trinajstić information content (AvgIpc) is 3.17. The summed E-state index contributed by atoms with van der Waals surface area (Å²) in [5.74, 6) is 0.773. The van der Waals surface area contributed by atoms with Crippen molar-refractivity contribution in [2.45, 2.75) is 19.9 Å². The molecule has 2 aromatic carbocycles. The Kier molecular flexibility index (Phi) is 7.31. The molecule has 0 unspecified atom stereocenters. The summed E-state index contributed by atoms with van der Waals surface area (Å²) < 4.78 is 18.1. The van der Waals surface area contributed by atoms with E-state index >= 15 is 0 Å². The molecule has 0 N–H and O–H groups in total. The summed E-state index contributed by atoms with van der Waals surface area (Å²) in [5, 5.41) is 0. The monoisotopic (exact) mass is 490 g/mol. The maximum atomic E-state index is 13.6. The predicted octanol–water partition coefficient (Wildman–Crippen LogP) is 3.48. The predicted molar refractivity (Wildman–Crippen MR) is 136 cm³/mol. The van der Waals surface area contributed by atoms with E-state index in [1.165, 1.54) is 11.3 Å². The molecule has 0 spiro atoms. The Morgan fingerprint density at radius 3 is 2.60 bits per heavy atom. The number of esters is 1. The first-order valence-corrected chi connectivity index (χ1v) is 11.9. The molecule has 35 heavy (non-hydrogen) atoms. The van der Waals surface area contributed by atoms with E-state index in [2.05, 4.69) is 4.99 Å². The number of aromatic nitrogens is 1. The number of rotatable bonds is 7. The SMILES string of the molecule is CCOC(=O)C1=C(C)N=c2s/c(=C\c3cc(OC)ccc3OC)c(=O)n2[C@H]1/C=C/c1ccccc1. The van der Waals surface area contributed by atoms with E-state index in [4.69, 9.17) is 14.2 Å². The minimum absolute atomic E-state index is 0.227. The third-order valence-electron chi connectivity index (χ3n) is 5.55. The first kappa shape index (κ1) is 24.2. The Morgan fingerprint density at radius 2 is 1.91 bits per heavy atom. The van der Waals surface area contributed by atoms with E-state index in [1.807, 2.05) is 42.5 Å². The van der Waals surface area contributed by atoms with Crippen molar-refractivity contribution in [2.75, 3.05) is 20.8 Å². The second-order valence-electron chi connectivity index (χ2n) is 7.72. The van der Waals surface area contributed by atoms with Crippen molar-refractivity contribution in [3.05, 3.63) is 96.7 Å². The van der Waals surface area contributed by atoms with Gasteiger partial charge in [0.1, 0.15) is 11.5 Å². The van der Waals surface area contributed by atoms with Gasteiger partial charge < -0.3 is 14.2 Å². The first-order valence-electron chi connectivity index (χ1n) is 11.1. The molecule has 3 aromatic rings. The standard InChI is InChI=1S/C27H26N2O5S/c1-5-34-26(31)24-17(2)28-27-29(21(24)13-11-18-9-7-6-8-10-18)25(30)23(35-27)16-19-15-20(32-3)12-14-22(19)33-4/h6-16,21H,5H2,1-4H3/b13-11+,23-16-/t21-/m0/s1. The molecule has 0 fully saturated rings. The Balaban J connectivity index is 1.90. The summed E-state index contributed by atoms with van der Waals surface area (Å²) in [7, 11) is 3.16. The van der Waals surface area contributed by atoms with Crippen molar-refractivity contribution in [1.29, 1.82) is 0 Å². The molecule has 0 aliphatic carbocycles. The second kappa shape index (κ2) is 10.6. The number of nitrogens with zero attached hydrogens (tertiary/aromatic N) is 2. The number of methoxy groups -OCH3 is 2. The van der Waals surface area contributed by atoms with Gasteiger partial charge in [0.2, 0.25) is 0 Å². The maximum absolute atomic E-state index is 13.6. The number of benzene rings is 2. The minimum atomic E-state index is -0.653. The molecular weight excluding hydrogens is 464 g/mol. The van der Waals surface area contributed by atoms with Crippen molar-refractivity contribution < 1.29 is 19.0 Å². The van der Waals surface area contributed by atoms with Crippen LogP contribution in [0.3, 0.4) is 0 Å². The topological polar surface area (TPSA) is 79.1 Å². The minimum Gasteiger partial charge on any atom is -0.497 e. The molecule has 4 rings (SSSR count). The zero-order valence-electron chi connectivity index (χ0n) is 20.0. The molecule has 1 atom stereocenters. The van der Waals surface area contributed by atoms with Crippen LogP contribution in [0.5, 0.6) is 11.5 Å². The Morgan fingerprint density at radius 1 is 1.14 bits per heavy atom. The van der Waals surface area contributed by atoms with E-state index in [-0.39, 0.29) is 12.2 Å². The smallest absolute Gasteiger partial charge is 0.338 e. The van der Waals surface area contributed by atoms with Crippen LogP contribution in [-0.2, 0) is 9.53 Å². The molecule has 8 heteroatoms. The Bertz CT molecular complexity index is 1480. The van der Waals surface area contributed by atoms with E-state index in [9.17, 15) is 9.59 Å². The molecule has 1 aliphatic heterocycles. The van der Waals surface area contributed by atoms with Crippen molar-refractivity contribution in [3.63, 3.8) is 0 Å². The van der Waals surface area contributed by atoms with Crippen LogP contribution in [0.1, 0.15) is 31.0 Å². The zero-order chi connectivity index (χ0) is 24.9. The molecular formula is C27H26N2O5S. The third kappa shape index (κ3) is 4.97. The number of allylic oxidation sites excluding steroid dienone is 2. The van der Waals surface area contributed by atoms with Gasteiger partial charge in [0.05, 0.1) is 42.7 Å². The Labute approximate surface area is 206 Å². The molecule has 7 nitrogen and oxygen atoms in total. The molecule has 1 aliphatic rings. The molecule has 180 valence electrons. The average molecular weight is 491 g/mol. The number of fused-ring (bicyclic) bond motifs is 1. The van der Waals surface area contributed by atoms with Crippen molar-refractivity contribution >= 4 is 29.5 Å². The van der Waals surface area contributed by atoms with Gasteiger partial charge in [0.15, 0.2) is 4.80 Å². The van der Waals surface area contributed by atoms with Gasteiger partial charge in [-0.2, -0.15) is 0 Å². The number of ether oxygens (including phenoxy) is 3. The number of hydrogen-bond acceptors (Lipinski definition) is 7. The fourth-order valence-corrected chi connectivity index (χ4v) is 4.92. The van der Waals surface area contributed by atoms with Gasteiger partial charge in [-0.25, -0.2) is 9.79 Å². The second-order valence-corrected chi connectivity index (χ2v) is 8.73. The van der Waals surface area contributed by atoms with Crippen molar-refractivity contribution in [1.82, 2.24) is 4.57 Å². The van der Waals surface area contributed by atoms with Crippen molar-refractivity contribution in [2.24, 2.45) is 4.99 Å². The van der Waals surface area contributed by atoms with Crippen LogP contribution < -0.4 is 24.4 Å². The van der Waals surface area contributed by atoms with Crippen LogP contribution in [-0.4, -0.2) is 31.4 Å².